The Labute approximate surface area is 86.8 Å². The molecule has 0 radical (unpaired) electrons. The van der Waals surface area contributed by atoms with Gasteiger partial charge in [0.1, 0.15) is 0 Å². The molecule has 0 aromatic heterocycles. The fourth-order valence-electron chi connectivity index (χ4n) is 2.99. The minimum absolute atomic E-state index is 0.499. The van der Waals surface area contributed by atoms with Crippen molar-refractivity contribution >= 4 is 6.92 Å². The molecular weight excluding hydrogens is 175 g/mol. The molecule has 0 spiro atoms. The average molecular weight is 194 g/mol. The number of methoxy groups -OCH3 is 1. The number of hydrogen-bond donors (Lipinski definition) is 0. The van der Waals surface area contributed by atoms with Gasteiger partial charge in [-0.25, -0.2) is 0 Å². The summed E-state index contributed by atoms with van der Waals surface area (Å²) >= 11 is 0. The SMILES string of the molecule is COCC1=CC2CB(OC)CC(C1)C2. The standard InChI is InChI=1S/C11H19BO2/c1-13-8-11-4-9-3-10(5-11)7-12(6-9)14-2/h4,9-10H,3,5-8H2,1-2H3. The van der Waals surface area contributed by atoms with Gasteiger partial charge in [-0.15, -0.1) is 0 Å². The van der Waals surface area contributed by atoms with Gasteiger partial charge in [0.05, 0.1) is 6.61 Å². The summed E-state index contributed by atoms with van der Waals surface area (Å²) < 4.78 is 10.7. The van der Waals surface area contributed by atoms with Gasteiger partial charge in [-0.05, 0) is 42.9 Å². The zero-order chi connectivity index (χ0) is 9.97. The van der Waals surface area contributed by atoms with Crippen molar-refractivity contribution < 1.29 is 9.39 Å². The molecule has 78 valence electrons. The minimum atomic E-state index is 0.499. The van der Waals surface area contributed by atoms with Crippen molar-refractivity contribution in [3.63, 3.8) is 0 Å². The molecule has 3 heteroatoms. The van der Waals surface area contributed by atoms with Crippen molar-refractivity contribution in [3.8, 4) is 0 Å². The highest BCUT2D eigenvalue weighted by atomic mass is 16.5. The third-order valence-corrected chi connectivity index (χ3v) is 3.48. The molecule has 1 fully saturated rings. The molecule has 2 rings (SSSR count). The summed E-state index contributed by atoms with van der Waals surface area (Å²) in [6.07, 6.45) is 7.47. The third-order valence-electron chi connectivity index (χ3n) is 3.48. The maximum atomic E-state index is 5.46. The fraction of sp³-hybridized carbons (Fsp3) is 0.818. The summed E-state index contributed by atoms with van der Waals surface area (Å²) in [7, 11) is 3.62. The minimum Gasteiger partial charge on any atom is -0.438 e. The molecule has 1 saturated heterocycles. The third kappa shape index (κ3) is 2.21. The average Bonchev–Trinajstić information content (AvgIpc) is 2.16. The Hall–Kier alpha value is -0.275. The van der Waals surface area contributed by atoms with Crippen LogP contribution in [0.3, 0.4) is 0 Å². The Balaban J connectivity index is 2.00. The predicted molar refractivity (Wildman–Crippen MR) is 58.6 cm³/mol. The Morgan fingerprint density at radius 1 is 1.43 bits per heavy atom. The van der Waals surface area contributed by atoms with E-state index in [9.17, 15) is 0 Å². The van der Waals surface area contributed by atoms with Crippen molar-refractivity contribution in [2.75, 3.05) is 20.8 Å². The second kappa shape index (κ2) is 4.50. The van der Waals surface area contributed by atoms with Crippen molar-refractivity contribution in [2.24, 2.45) is 11.8 Å². The largest absolute Gasteiger partial charge is 0.438 e. The normalized spacial score (nSPS) is 31.6. The maximum Gasteiger partial charge on any atom is 0.293 e. The van der Waals surface area contributed by atoms with Crippen LogP contribution in [-0.4, -0.2) is 27.7 Å². The summed E-state index contributed by atoms with van der Waals surface area (Å²) in [5.41, 5.74) is 1.50. The van der Waals surface area contributed by atoms with E-state index in [0.717, 1.165) is 18.4 Å². The Bertz CT molecular complexity index is 227. The molecule has 2 atom stereocenters. The highest BCUT2D eigenvalue weighted by Crippen LogP contribution is 2.39. The summed E-state index contributed by atoms with van der Waals surface area (Å²) in [5.74, 6) is 1.59. The Morgan fingerprint density at radius 2 is 2.29 bits per heavy atom. The Morgan fingerprint density at radius 3 is 2.93 bits per heavy atom. The van der Waals surface area contributed by atoms with Gasteiger partial charge >= 0.3 is 0 Å². The van der Waals surface area contributed by atoms with E-state index < -0.39 is 0 Å². The maximum absolute atomic E-state index is 5.46. The molecule has 0 aromatic rings. The molecule has 2 nitrogen and oxygen atoms in total. The van der Waals surface area contributed by atoms with Crippen LogP contribution < -0.4 is 0 Å². The smallest absolute Gasteiger partial charge is 0.293 e. The molecule has 0 amide bonds. The second-order valence-electron chi connectivity index (χ2n) is 4.65. The first-order valence-corrected chi connectivity index (χ1v) is 5.53. The van der Waals surface area contributed by atoms with E-state index in [1.54, 1.807) is 7.11 Å². The summed E-state index contributed by atoms with van der Waals surface area (Å²) in [6, 6.07) is 0. The number of fused-ring (bicyclic) bond motifs is 2. The van der Waals surface area contributed by atoms with Crippen molar-refractivity contribution in [1.82, 2.24) is 0 Å². The molecule has 2 aliphatic rings. The zero-order valence-corrected chi connectivity index (χ0v) is 9.16. The van der Waals surface area contributed by atoms with E-state index in [1.165, 1.54) is 31.1 Å². The van der Waals surface area contributed by atoms with Crippen molar-refractivity contribution in [1.29, 1.82) is 0 Å². The molecule has 1 aliphatic carbocycles. The zero-order valence-electron chi connectivity index (χ0n) is 9.16. The van der Waals surface area contributed by atoms with Crippen LogP contribution in [0.4, 0.5) is 0 Å². The first kappa shape index (κ1) is 10.2. The van der Waals surface area contributed by atoms with E-state index in [-0.39, 0.29) is 0 Å². The first-order valence-electron chi connectivity index (χ1n) is 5.53. The van der Waals surface area contributed by atoms with Crippen molar-refractivity contribution in [3.05, 3.63) is 11.6 Å². The van der Waals surface area contributed by atoms with Crippen LogP contribution in [-0.2, 0) is 9.39 Å². The van der Waals surface area contributed by atoms with Gasteiger partial charge in [-0.2, -0.15) is 0 Å². The predicted octanol–water partition coefficient (Wildman–Crippen LogP) is 2.24. The monoisotopic (exact) mass is 194 g/mol. The molecule has 14 heavy (non-hydrogen) atoms. The van der Waals surface area contributed by atoms with Crippen LogP contribution in [0.25, 0.3) is 0 Å². The molecule has 1 heterocycles. The van der Waals surface area contributed by atoms with E-state index in [2.05, 4.69) is 6.08 Å². The van der Waals surface area contributed by atoms with E-state index >= 15 is 0 Å². The number of allylic oxidation sites excluding steroid dienone is 1. The van der Waals surface area contributed by atoms with E-state index in [0.29, 0.717) is 6.92 Å². The quantitative estimate of drug-likeness (QED) is 0.506. The topological polar surface area (TPSA) is 18.5 Å². The van der Waals surface area contributed by atoms with E-state index in [4.69, 9.17) is 9.39 Å². The van der Waals surface area contributed by atoms with E-state index in [1.807, 2.05) is 7.11 Å². The molecule has 0 N–H and O–H groups in total. The van der Waals surface area contributed by atoms with Crippen LogP contribution in [0.1, 0.15) is 12.8 Å². The number of ether oxygens (including phenoxy) is 1. The molecule has 2 unspecified atom stereocenters. The lowest BCUT2D eigenvalue weighted by Gasteiger charge is -2.35. The Kier molecular flexibility index (Phi) is 3.29. The second-order valence-corrected chi connectivity index (χ2v) is 4.65. The van der Waals surface area contributed by atoms with Crippen LogP contribution in [0.2, 0.25) is 12.6 Å². The van der Waals surface area contributed by atoms with Crippen LogP contribution >= 0.6 is 0 Å². The van der Waals surface area contributed by atoms with Gasteiger partial charge in [0, 0.05) is 14.2 Å². The molecule has 0 saturated carbocycles. The summed E-state index contributed by atoms with van der Waals surface area (Å²) in [6.45, 7) is 1.32. The lowest BCUT2D eigenvalue weighted by Crippen LogP contribution is -2.32. The molecular formula is C11H19BO2. The van der Waals surface area contributed by atoms with Gasteiger partial charge in [-0.1, -0.05) is 6.08 Å². The first-order chi connectivity index (χ1) is 6.81. The van der Waals surface area contributed by atoms with Crippen LogP contribution in [0.5, 0.6) is 0 Å². The van der Waals surface area contributed by atoms with Gasteiger partial charge < -0.3 is 9.39 Å². The van der Waals surface area contributed by atoms with Crippen LogP contribution in [0.15, 0.2) is 11.6 Å². The lowest BCUT2D eigenvalue weighted by atomic mass is 9.48. The lowest BCUT2D eigenvalue weighted by molar-refractivity contribution is 0.213. The summed E-state index contributed by atoms with van der Waals surface area (Å²) in [4.78, 5) is 0. The molecule has 1 aliphatic heterocycles. The summed E-state index contributed by atoms with van der Waals surface area (Å²) in [5, 5.41) is 0. The highest BCUT2D eigenvalue weighted by molar-refractivity contribution is 6.52. The van der Waals surface area contributed by atoms with Gasteiger partial charge in [0.15, 0.2) is 0 Å². The molecule has 2 bridgehead atoms. The van der Waals surface area contributed by atoms with Gasteiger partial charge in [0.25, 0.3) is 6.92 Å². The van der Waals surface area contributed by atoms with Crippen molar-refractivity contribution in [2.45, 2.75) is 25.5 Å². The van der Waals surface area contributed by atoms with Crippen LogP contribution in [0, 0.1) is 11.8 Å². The van der Waals surface area contributed by atoms with Gasteiger partial charge in [0.2, 0.25) is 0 Å². The highest BCUT2D eigenvalue weighted by Gasteiger charge is 2.34. The number of hydrogen-bond acceptors (Lipinski definition) is 2. The molecule has 0 aromatic carbocycles. The number of rotatable bonds is 3. The van der Waals surface area contributed by atoms with Gasteiger partial charge in [-0.3, -0.25) is 0 Å². The fourth-order valence-corrected chi connectivity index (χ4v) is 2.99.